The zero-order chi connectivity index (χ0) is 13.5. The number of carbonyl (C=O) groups is 3. The predicted octanol–water partition coefficient (Wildman–Crippen LogP) is 0.632. The first kappa shape index (κ1) is 14.7. The molecule has 92 valence electrons. The number of terminal acetylenes is 1. The number of aliphatic carboxylic acids is 2. The van der Waals surface area contributed by atoms with E-state index in [4.69, 9.17) is 16.6 Å². The average molecular weight is 240 g/mol. The molecule has 0 fully saturated rings. The molecule has 0 aromatic rings. The summed E-state index contributed by atoms with van der Waals surface area (Å²) in [6, 6.07) is 0. The molecule has 0 radical (unpaired) electrons. The van der Waals surface area contributed by atoms with Crippen LogP contribution in [-0.2, 0) is 19.1 Å². The van der Waals surface area contributed by atoms with E-state index in [1.165, 1.54) is 6.08 Å². The van der Waals surface area contributed by atoms with Crippen LogP contribution < -0.4 is 0 Å². The Kier molecular flexibility index (Phi) is 5.47. The van der Waals surface area contributed by atoms with Crippen molar-refractivity contribution in [2.24, 2.45) is 5.41 Å². The summed E-state index contributed by atoms with van der Waals surface area (Å²) in [5, 5.41) is 17.7. The first-order valence-electron chi connectivity index (χ1n) is 4.69. The molecule has 0 aliphatic rings. The lowest BCUT2D eigenvalue weighted by molar-refractivity contribution is -0.175. The molecule has 0 bridgehead atoms. The van der Waals surface area contributed by atoms with Gasteiger partial charge in [-0.25, -0.2) is 4.79 Å². The highest BCUT2D eigenvalue weighted by molar-refractivity contribution is 6.17. The largest absolute Gasteiger partial charge is 0.480 e. The van der Waals surface area contributed by atoms with Crippen LogP contribution in [0.2, 0.25) is 0 Å². The summed E-state index contributed by atoms with van der Waals surface area (Å²) in [5.41, 5.74) is -2.76. The lowest BCUT2D eigenvalue weighted by Crippen LogP contribution is -2.46. The molecule has 2 N–H and O–H groups in total. The van der Waals surface area contributed by atoms with Gasteiger partial charge in [0.2, 0.25) is 0 Å². The third-order valence-electron chi connectivity index (χ3n) is 1.95. The van der Waals surface area contributed by atoms with Gasteiger partial charge >= 0.3 is 17.9 Å². The molecule has 0 saturated heterocycles. The highest BCUT2D eigenvalue weighted by Gasteiger charge is 2.55. The molecule has 0 spiro atoms. The Morgan fingerprint density at radius 2 is 1.88 bits per heavy atom. The van der Waals surface area contributed by atoms with Gasteiger partial charge in [-0.3, -0.25) is 9.59 Å². The number of hydrogen-bond donors (Lipinski definition) is 2. The standard InChI is InChI=1S/C11H12O6/c1-3-5-7-17-10(16)11(6-4-2,8(12)13)9(14)15/h2,5,7H,3,6H2,1H3,(H,12,13)(H,14,15). The van der Waals surface area contributed by atoms with Crippen molar-refractivity contribution in [1.29, 1.82) is 0 Å². The summed E-state index contributed by atoms with van der Waals surface area (Å²) < 4.78 is 4.45. The molecule has 0 amide bonds. The van der Waals surface area contributed by atoms with Gasteiger partial charge in [-0.1, -0.05) is 6.92 Å². The van der Waals surface area contributed by atoms with Crippen LogP contribution in [0.15, 0.2) is 12.3 Å². The van der Waals surface area contributed by atoms with E-state index in [1.807, 2.05) is 5.92 Å². The zero-order valence-corrected chi connectivity index (χ0v) is 9.17. The molecule has 0 aliphatic heterocycles. The Balaban J connectivity index is 5.24. The van der Waals surface area contributed by atoms with Crippen LogP contribution in [0.25, 0.3) is 0 Å². The maximum Gasteiger partial charge on any atom is 0.340 e. The van der Waals surface area contributed by atoms with Gasteiger partial charge in [-0.15, -0.1) is 12.3 Å². The number of hydrogen-bond acceptors (Lipinski definition) is 4. The number of ether oxygens (including phenoxy) is 1. The number of carboxylic acids is 2. The lowest BCUT2D eigenvalue weighted by Gasteiger charge is -2.19. The first-order chi connectivity index (χ1) is 7.93. The monoisotopic (exact) mass is 240 g/mol. The average Bonchev–Trinajstić information content (AvgIpc) is 2.24. The molecule has 0 aromatic carbocycles. The lowest BCUT2D eigenvalue weighted by atomic mass is 9.85. The molecule has 0 aliphatic carbocycles. The van der Waals surface area contributed by atoms with Gasteiger partial charge < -0.3 is 14.9 Å². The van der Waals surface area contributed by atoms with Gasteiger partial charge in [0.25, 0.3) is 5.41 Å². The van der Waals surface area contributed by atoms with Gasteiger partial charge in [0.1, 0.15) is 0 Å². The van der Waals surface area contributed by atoms with Crippen molar-refractivity contribution in [3.63, 3.8) is 0 Å². The van der Waals surface area contributed by atoms with Crippen molar-refractivity contribution in [2.75, 3.05) is 0 Å². The third-order valence-corrected chi connectivity index (χ3v) is 1.95. The number of carboxylic acid groups (broad SMARTS) is 2. The second-order valence-electron chi connectivity index (χ2n) is 3.08. The molecule has 0 atom stereocenters. The second kappa shape index (κ2) is 6.33. The van der Waals surface area contributed by atoms with E-state index >= 15 is 0 Å². The van der Waals surface area contributed by atoms with Crippen LogP contribution in [0.5, 0.6) is 0 Å². The third kappa shape index (κ3) is 3.08. The van der Waals surface area contributed by atoms with Crippen molar-refractivity contribution in [3.05, 3.63) is 12.3 Å². The number of carbonyl (C=O) groups excluding carboxylic acids is 1. The second-order valence-corrected chi connectivity index (χ2v) is 3.08. The van der Waals surface area contributed by atoms with E-state index < -0.39 is 29.7 Å². The van der Waals surface area contributed by atoms with Crippen molar-refractivity contribution < 1.29 is 29.3 Å². The molecule has 0 saturated carbocycles. The van der Waals surface area contributed by atoms with E-state index in [0.29, 0.717) is 6.42 Å². The molecule has 6 heteroatoms. The fourth-order valence-electron chi connectivity index (χ4n) is 0.949. The SMILES string of the molecule is C#CCC(C(=O)O)(C(=O)O)C(=O)OC=CCC. The minimum absolute atomic E-state index is 0.551. The van der Waals surface area contributed by atoms with E-state index in [2.05, 4.69) is 4.74 Å². The van der Waals surface area contributed by atoms with Gasteiger partial charge in [-0.2, -0.15) is 0 Å². The van der Waals surface area contributed by atoms with Crippen molar-refractivity contribution in [3.8, 4) is 12.3 Å². The van der Waals surface area contributed by atoms with Crippen LogP contribution in [0.3, 0.4) is 0 Å². The smallest absolute Gasteiger partial charge is 0.340 e. The van der Waals surface area contributed by atoms with E-state index in [9.17, 15) is 14.4 Å². The van der Waals surface area contributed by atoms with E-state index in [0.717, 1.165) is 6.26 Å². The van der Waals surface area contributed by atoms with Crippen molar-refractivity contribution in [1.82, 2.24) is 0 Å². The molecule has 17 heavy (non-hydrogen) atoms. The predicted molar refractivity (Wildman–Crippen MR) is 56.7 cm³/mol. The van der Waals surface area contributed by atoms with Gasteiger partial charge in [0.05, 0.1) is 6.26 Å². The Labute approximate surface area is 97.9 Å². The highest BCUT2D eigenvalue weighted by Crippen LogP contribution is 2.25. The Morgan fingerprint density at radius 3 is 2.24 bits per heavy atom. The van der Waals surface area contributed by atoms with Crippen LogP contribution in [0, 0.1) is 17.8 Å². The van der Waals surface area contributed by atoms with Gasteiger partial charge in [0, 0.05) is 6.42 Å². The summed E-state index contributed by atoms with van der Waals surface area (Å²) in [5.74, 6) is -3.26. The van der Waals surface area contributed by atoms with E-state index in [-0.39, 0.29) is 0 Å². The molecule has 0 heterocycles. The number of allylic oxidation sites excluding steroid dienone is 1. The Bertz CT molecular complexity index is 373. The molecule has 0 aromatic heterocycles. The minimum atomic E-state index is -2.76. The Hall–Kier alpha value is -2.29. The zero-order valence-electron chi connectivity index (χ0n) is 9.17. The molecule has 0 rings (SSSR count). The molecule has 6 nitrogen and oxygen atoms in total. The summed E-state index contributed by atoms with van der Waals surface area (Å²) in [7, 11) is 0. The fourth-order valence-corrected chi connectivity index (χ4v) is 0.949. The fraction of sp³-hybridized carbons (Fsp3) is 0.364. The molecular formula is C11H12O6. The topological polar surface area (TPSA) is 101 Å². The summed E-state index contributed by atoms with van der Waals surface area (Å²) >= 11 is 0. The minimum Gasteiger partial charge on any atom is -0.480 e. The maximum absolute atomic E-state index is 11.5. The van der Waals surface area contributed by atoms with Gasteiger partial charge in [-0.05, 0) is 12.5 Å². The molecule has 0 unspecified atom stereocenters. The summed E-state index contributed by atoms with van der Waals surface area (Å²) in [6.45, 7) is 1.76. The van der Waals surface area contributed by atoms with Crippen molar-refractivity contribution in [2.45, 2.75) is 19.8 Å². The first-order valence-corrected chi connectivity index (χ1v) is 4.69. The quantitative estimate of drug-likeness (QED) is 0.305. The summed E-state index contributed by atoms with van der Waals surface area (Å²) in [4.78, 5) is 33.3. The van der Waals surface area contributed by atoms with Crippen LogP contribution in [-0.4, -0.2) is 28.1 Å². The van der Waals surface area contributed by atoms with Crippen LogP contribution in [0.1, 0.15) is 19.8 Å². The maximum atomic E-state index is 11.5. The van der Waals surface area contributed by atoms with Crippen LogP contribution >= 0.6 is 0 Å². The van der Waals surface area contributed by atoms with Crippen LogP contribution in [0.4, 0.5) is 0 Å². The normalized spacial score (nSPS) is 10.8. The highest BCUT2D eigenvalue weighted by atomic mass is 16.5. The summed E-state index contributed by atoms with van der Waals surface area (Å²) in [6.07, 6.45) is 7.03. The van der Waals surface area contributed by atoms with Gasteiger partial charge in [0.15, 0.2) is 0 Å². The van der Waals surface area contributed by atoms with E-state index in [1.54, 1.807) is 6.92 Å². The number of esters is 1. The molecular weight excluding hydrogens is 228 g/mol. The Morgan fingerprint density at radius 1 is 1.35 bits per heavy atom. The van der Waals surface area contributed by atoms with Crippen molar-refractivity contribution >= 4 is 17.9 Å². The number of rotatable bonds is 6.